The Kier molecular flexibility index (Phi) is 6.95. The van der Waals surface area contributed by atoms with Crippen LogP contribution in [0.25, 0.3) is 22.6 Å². The van der Waals surface area contributed by atoms with Gasteiger partial charge in [0.15, 0.2) is 17.3 Å². The van der Waals surface area contributed by atoms with Crippen LogP contribution in [0.4, 0.5) is 5.82 Å². The predicted molar refractivity (Wildman–Crippen MR) is 142 cm³/mol. The maximum atomic E-state index is 13.5. The molecule has 1 aliphatic carbocycles. The van der Waals surface area contributed by atoms with Crippen LogP contribution < -0.4 is 10.9 Å². The molecule has 1 N–H and O–H groups in total. The molecular formula is C26H30N8OS. The predicted octanol–water partition coefficient (Wildman–Crippen LogP) is 4.60. The summed E-state index contributed by atoms with van der Waals surface area (Å²) in [6.45, 7) is 9.18. The Morgan fingerprint density at radius 2 is 1.94 bits per heavy atom. The lowest BCUT2D eigenvalue weighted by molar-refractivity contribution is 0.520. The number of thioether (sulfide) groups is 1. The molecule has 36 heavy (non-hydrogen) atoms. The SMILES string of the molecule is CCSc1ccc(CNc2nc3cnc(-c4c(C)ncnc4C4CC4)nc3n(CC(C)C)c2=O)cn1. The van der Waals surface area contributed by atoms with Crippen molar-refractivity contribution in [1.82, 2.24) is 34.5 Å². The average molecular weight is 503 g/mol. The molecule has 1 fully saturated rings. The molecule has 4 aromatic rings. The summed E-state index contributed by atoms with van der Waals surface area (Å²) in [6, 6.07) is 4.01. The highest BCUT2D eigenvalue weighted by atomic mass is 32.2. The summed E-state index contributed by atoms with van der Waals surface area (Å²) >= 11 is 1.70. The van der Waals surface area contributed by atoms with Crippen LogP contribution in [-0.4, -0.2) is 40.2 Å². The Balaban J connectivity index is 1.53. The van der Waals surface area contributed by atoms with Gasteiger partial charge in [-0.15, -0.1) is 11.8 Å². The summed E-state index contributed by atoms with van der Waals surface area (Å²) in [5, 5.41) is 4.19. The first kappa shape index (κ1) is 24.3. The zero-order valence-electron chi connectivity index (χ0n) is 21.0. The van der Waals surface area contributed by atoms with E-state index in [-0.39, 0.29) is 17.3 Å². The van der Waals surface area contributed by atoms with Crippen LogP contribution in [0, 0.1) is 12.8 Å². The fourth-order valence-corrected chi connectivity index (χ4v) is 4.76. The maximum Gasteiger partial charge on any atom is 0.294 e. The highest BCUT2D eigenvalue weighted by molar-refractivity contribution is 7.99. The topological polar surface area (TPSA) is 111 Å². The van der Waals surface area contributed by atoms with Gasteiger partial charge in [0, 0.05) is 25.2 Å². The zero-order valence-corrected chi connectivity index (χ0v) is 21.8. The van der Waals surface area contributed by atoms with Crippen LogP contribution in [0.3, 0.4) is 0 Å². The first-order valence-corrected chi connectivity index (χ1v) is 13.3. The number of hydrogen-bond donors (Lipinski definition) is 1. The summed E-state index contributed by atoms with van der Waals surface area (Å²) in [6.07, 6.45) is 7.35. The van der Waals surface area contributed by atoms with Gasteiger partial charge in [0.1, 0.15) is 11.8 Å². The van der Waals surface area contributed by atoms with E-state index >= 15 is 0 Å². The molecular weight excluding hydrogens is 472 g/mol. The van der Waals surface area contributed by atoms with Crippen molar-refractivity contribution in [3.8, 4) is 11.4 Å². The number of nitrogens with one attached hydrogen (secondary N) is 1. The van der Waals surface area contributed by atoms with Crippen LogP contribution in [0.5, 0.6) is 0 Å². The molecule has 1 saturated carbocycles. The van der Waals surface area contributed by atoms with Crippen molar-refractivity contribution in [2.24, 2.45) is 5.92 Å². The second kappa shape index (κ2) is 10.3. The summed E-state index contributed by atoms with van der Waals surface area (Å²) in [5.41, 5.74) is 4.56. The van der Waals surface area contributed by atoms with Crippen LogP contribution in [0.1, 0.15) is 56.5 Å². The lowest BCUT2D eigenvalue weighted by Gasteiger charge is -2.15. The van der Waals surface area contributed by atoms with Gasteiger partial charge >= 0.3 is 0 Å². The Morgan fingerprint density at radius 3 is 2.64 bits per heavy atom. The molecule has 5 rings (SSSR count). The lowest BCUT2D eigenvalue weighted by Crippen LogP contribution is -2.28. The molecule has 0 radical (unpaired) electrons. The number of anilines is 1. The minimum atomic E-state index is -0.199. The molecule has 0 unspecified atom stereocenters. The Morgan fingerprint density at radius 1 is 1.11 bits per heavy atom. The van der Waals surface area contributed by atoms with E-state index in [0.717, 1.165) is 46.1 Å². The van der Waals surface area contributed by atoms with E-state index in [2.05, 4.69) is 51.0 Å². The van der Waals surface area contributed by atoms with Gasteiger partial charge in [-0.3, -0.25) is 9.36 Å². The second-order valence-electron chi connectivity index (χ2n) is 9.46. The zero-order chi connectivity index (χ0) is 25.2. The van der Waals surface area contributed by atoms with Gasteiger partial charge in [0.2, 0.25) is 0 Å². The number of aryl methyl sites for hydroxylation is 1. The highest BCUT2D eigenvalue weighted by Crippen LogP contribution is 2.43. The van der Waals surface area contributed by atoms with Crippen molar-refractivity contribution in [2.45, 2.75) is 64.6 Å². The van der Waals surface area contributed by atoms with E-state index in [1.54, 1.807) is 28.9 Å². The minimum Gasteiger partial charge on any atom is -0.361 e. The van der Waals surface area contributed by atoms with Gasteiger partial charge in [0.25, 0.3) is 5.56 Å². The number of fused-ring (bicyclic) bond motifs is 1. The molecule has 10 heteroatoms. The Hall–Kier alpha value is -3.40. The van der Waals surface area contributed by atoms with Crippen LogP contribution in [-0.2, 0) is 13.1 Å². The third-order valence-corrected chi connectivity index (χ3v) is 6.86. The molecule has 4 aromatic heterocycles. The standard InChI is InChI=1S/C26H30N8OS/c1-5-36-20-9-6-17(10-27-20)11-28-24-26(35)34(13-15(2)3)25-19(32-24)12-29-23(33-25)21-16(4)30-14-31-22(21)18-7-8-18/h6,9-10,12,14-15,18H,5,7-8,11,13H2,1-4H3,(H,28,32). The Labute approximate surface area is 214 Å². The van der Waals surface area contributed by atoms with Crippen LogP contribution >= 0.6 is 11.8 Å². The molecule has 4 heterocycles. The summed E-state index contributed by atoms with van der Waals surface area (Å²) in [5.74, 6) is 2.47. The van der Waals surface area contributed by atoms with Crippen molar-refractivity contribution in [2.75, 3.05) is 11.1 Å². The number of rotatable bonds is 9. The Bertz CT molecular complexity index is 1450. The molecule has 1 aliphatic rings. The molecule has 0 atom stereocenters. The maximum absolute atomic E-state index is 13.5. The first-order valence-electron chi connectivity index (χ1n) is 12.4. The molecule has 0 aromatic carbocycles. The normalized spacial score (nSPS) is 13.5. The molecule has 9 nitrogen and oxygen atoms in total. The fourth-order valence-electron chi connectivity index (χ4n) is 4.18. The molecule has 0 spiro atoms. The van der Waals surface area contributed by atoms with Crippen molar-refractivity contribution in [1.29, 1.82) is 0 Å². The van der Waals surface area contributed by atoms with Gasteiger partial charge in [-0.05, 0) is 43.1 Å². The van der Waals surface area contributed by atoms with Crippen LogP contribution in [0.15, 0.2) is 40.7 Å². The third kappa shape index (κ3) is 5.09. The molecule has 0 amide bonds. The van der Waals surface area contributed by atoms with Gasteiger partial charge in [-0.2, -0.15) is 0 Å². The third-order valence-electron chi connectivity index (χ3n) is 6.04. The van der Waals surface area contributed by atoms with Crippen molar-refractivity contribution < 1.29 is 0 Å². The van der Waals surface area contributed by atoms with E-state index in [1.165, 1.54) is 0 Å². The van der Waals surface area contributed by atoms with Gasteiger partial charge in [-0.1, -0.05) is 26.8 Å². The second-order valence-corrected chi connectivity index (χ2v) is 10.7. The van der Waals surface area contributed by atoms with E-state index in [0.29, 0.717) is 36.0 Å². The molecule has 0 saturated heterocycles. The van der Waals surface area contributed by atoms with Crippen molar-refractivity contribution >= 4 is 28.7 Å². The van der Waals surface area contributed by atoms with Crippen LogP contribution in [0.2, 0.25) is 0 Å². The van der Waals surface area contributed by atoms with Crippen molar-refractivity contribution in [3.05, 3.63) is 58.2 Å². The molecule has 0 aliphatic heterocycles. The number of hydrogen-bond acceptors (Lipinski definition) is 9. The highest BCUT2D eigenvalue weighted by Gasteiger charge is 2.30. The van der Waals surface area contributed by atoms with Crippen molar-refractivity contribution in [3.63, 3.8) is 0 Å². The summed E-state index contributed by atoms with van der Waals surface area (Å²) in [4.78, 5) is 41.0. The number of nitrogens with zero attached hydrogens (tertiary/aromatic N) is 7. The summed E-state index contributed by atoms with van der Waals surface area (Å²) < 4.78 is 1.70. The van der Waals surface area contributed by atoms with Gasteiger partial charge in [-0.25, -0.2) is 29.9 Å². The molecule has 186 valence electrons. The number of aromatic nitrogens is 7. The lowest BCUT2D eigenvalue weighted by atomic mass is 10.1. The van der Waals surface area contributed by atoms with E-state index in [1.807, 2.05) is 25.3 Å². The van der Waals surface area contributed by atoms with Gasteiger partial charge in [0.05, 0.1) is 28.2 Å². The van der Waals surface area contributed by atoms with E-state index < -0.39 is 0 Å². The minimum absolute atomic E-state index is 0.199. The number of pyridine rings is 1. The average Bonchev–Trinajstić information content (AvgIpc) is 3.71. The first-order chi connectivity index (χ1) is 17.4. The fraction of sp³-hybridized carbons (Fsp3) is 0.423. The summed E-state index contributed by atoms with van der Waals surface area (Å²) in [7, 11) is 0. The monoisotopic (exact) mass is 502 g/mol. The van der Waals surface area contributed by atoms with E-state index in [9.17, 15) is 4.79 Å². The smallest absolute Gasteiger partial charge is 0.294 e. The van der Waals surface area contributed by atoms with Gasteiger partial charge < -0.3 is 5.32 Å². The molecule has 0 bridgehead atoms. The largest absolute Gasteiger partial charge is 0.361 e. The van der Waals surface area contributed by atoms with E-state index in [4.69, 9.17) is 4.98 Å². The quantitative estimate of drug-likeness (QED) is 0.328.